The first-order valence-corrected chi connectivity index (χ1v) is 7.54. The minimum atomic E-state index is 0.130. The van der Waals surface area contributed by atoms with Crippen LogP contribution in [0.15, 0.2) is 16.9 Å². The van der Waals surface area contributed by atoms with Crippen LogP contribution >= 0.6 is 15.9 Å². The van der Waals surface area contributed by atoms with Gasteiger partial charge in [0.05, 0.1) is 10.4 Å². The molecule has 6 heteroatoms. The van der Waals surface area contributed by atoms with Gasteiger partial charge in [-0.05, 0) is 35.2 Å². The van der Waals surface area contributed by atoms with Gasteiger partial charge in [-0.25, -0.2) is 9.97 Å². The Kier molecular flexibility index (Phi) is 3.68. The quantitative estimate of drug-likeness (QED) is 0.830. The largest absolute Gasteiger partial charge is 0.342 e. The highest BCUT2D eigenvalue weighted by atomic mass is 79.9. The second-order valence-electron chi connectivity index (χ2n) is 5.19. The molecular weight excluding hydrogens is 308 g/mol. The molecule has 1 aromatic rings. The van der Waals surface area contributed by atoms with Crippen molar-refractivity contribution in [2.45, 2.75) is 19.3 Å². The monoisotopic (exact) mass is 324 g/mol. The fraction of sp³-hybridized carbons (Fsp3) is 0.615. The average molecular weight is 325 g/mol. The van der Waals surface area contributed by atoms with Crippen LogP contribution in [-0.4, -0.2) is 47.0 Å². The van der Waals surface area contributed by atoms with Crippen LogP contribution in [0.5, 0.6) is 0 Å². The lowest BCUT2D eigenvalue weighted by molar-refractivity contribution is -0.137. The van der Waals surface area contributed by atoms with E-state index in [0.29, 0.717) is 11.9 Å². The highest BCUT2D eigenvalue weighted by Crippen LogP contribution is 2.24. The lowest BCUT2D eigenvalue weighted by Crippen LogP contribution is -2.55. The maximum absolute atomic E-state index is 12.3. The van der Waals surface area contributed by atoms with Gasteiger partial charge in [0.25, 0.3) is 0 Å². The molecule has 1 aromatic heterocycles. The number of halogens is 1. The smallest absolute Gasteiger partial charge is 0.229 e. The van der Waals surface area contributed by atoms with Crippen molar-refractivity contribution >= 4 is 27.8 Å². The van der Waals surface area contributed by atoms with Gasteiger partial charge in [-0.15, -0.1) is 0 Å². The number of amides is 1. The van der Waals surface area contributed by atoms with Crippen LogP contribution in [0.4, 0.5) is 5.95 Å². The molecule has 1 amide bonds. The van der Waals surface area contributed by atoms with Crippen LogP contribution < -0.4 is 4.90 Å². The van der Waals surface area contributed by atoms with E-state index in [4.69, 9.17) is 0 Å². The maximum Gasteiger partial charge on any atom is 0.229 e. The minimum absolute atomic E-state index is 0.130. The minimum Gasteiger partial charge on any atom is -0.342 e. The number of hydrogen-bond donors (Lipinski definition) is 0. The van der Waals surface area contributed by atoms with Gasteiger partial charge < -0.3 is 9.80 Å². The van der Waals surface area contributed by atoms with Crippen molar-refractivity contribution in [1.29, 1.82) is 0 Å². The van der Waals surface area contributed by atoms with Gasteiger partial charge in [-0.2, -0.15) is 0 Å². The molecule has 2 fully saturated rings. The van der Waals surface area contributed by atoms with E-state index in [-0.39, 0.29) is 5.92 Å². The van der Waals surface area contributed by atoms with Crippen molar-refractivity contribution in [3.63, 3.8) is 0 Å². The third-order valence-electron chi connectivity index (χ3n) is 3.79. The zero-order valence-electron chi connectivity index (χ0n) is 10.8. The Labute approximate surface area is 121 Å². The fourth-order valence-corrected chi connectivity index (χ4v) is 2.84. The zero-order chi connectivity index (χ0) is 13.2. The van der Waals surface area contributed by atoms with Crippen LogP contribution in [-0.2, 0) is 4.79 Å². The molecule has 0 aliphatic carbocycles. The SMILES string of the molecule is O=C(C1CN(c2ncc(Br)cn2)C1)N1CCCCC1. The van der Waals surface area contributed by atoms with Gasteiger partial charge in [0.15, 0.2) is 0 Å². The van der Waals surface area contributed by atoms with E-state index in [1.54, 1.807) is 12.4 Å². The third kappa shape index (κ3) is 2.73. The Balaban J connectivity index is 1.54. The molecule has 0 saturated carbocycles. The molecule has 0 unspecified atom stereocenters. The first-order chi connectivity index (χ1) is 9.24. The van der Waals surface area contributed by atoms with Gasteiger partial charge in [0.2, 0.25) is 11.9 Å². The first-order valence-electron chi connectivity index (χ1n) is 6.75. The number of anilines is 1. The highest BCUT2D eigenvalue weighted by Gasteiger charge is 2.36. The molecule has 0 N–H and O–H groups in total. The van der Waals surface area contributed by atoms with Gasteiger partial charge in [0.1, 0.15) is 0 Å². The van der Waals surface area contributed by atoms with Crippen LogP contribution in [0.3, 0.4) is 0 Å². The van der Waals surface area contributed by atoms with Crippen LogP contribution in [0.25, 0.3) is 0 Å². The molecule has 2 aliphatic rings. The molecular formula is C13H17BrN4O. The van der Waals surface area contributed by atoms with Gasteiger partial charge in [-0.3, -0.25) is 4.79 Å². The van der Waals surface area contributed by atoms with Crippen molar-refractivity contribution in [3.8, 4) is 0 Å². The normalized spacial score (nSPS) is 20.3. The molecule has 19 heavy (non-hydrogen) atoms. The summed E-state index contributed by atoms with van der Waals surface area (Å²) in [4.78, 5) is 24.8. The molecule has 0 spiro atoms. The Hall–Kier alpha value is -1.17. The van der Waals surface area contributed by atoms with Crippen molar-refractivity contribution in [1.82, 2.24) is 14.9 Å². The summed E-state index contributed by atoms with van der Waals surface area (Å²) >= 11 is 3.32. The topological polar surface area (TPSA) is 49.3 Å². The lowest BCUT2D eigenvalue weighted by Gasteiger charge is -2.41. The van der Waals surface area contributed by atoms with Gasteiger partial charge in [-0.1, -0.05) is 0 Å². The molecule has 102 valence electrons. The van der Waals surface area contributed by atoms with Gasteiger partial charge >= 0.3 is 0 Å². The fourth-order valence-electron chi connectivity index (χ4n) is 2.64. The molecule has 2 saturated heterocycles. The average Bonchev–Trinajstić information content (AvgIpc) is 2.40. The maximum atomic E-state index is 12.3. The number of piperidine rings is 1. The summed E-state index contributed by atoms with van der Waals surface area (Å²) in [5.74, 6) is 1.16. The summed E-state index contributed by atoms with van der Waals surface area (Å²) in [6.45, 7) is 3.36. The predicted octanol–water partition coefficient (Wildman–Crippen LogP) is 1.69. The Bertz CT molecular complexity index is 452. The Morgan fingerprint density at radius 2 is 1.79 bits per heavy atom. The van der Waals surface area contributed by atoms with E-state index in [1.165, 1.54) is 6.42 Å². The molecule has 5 nitrogen and oxygen atoms in total. The van der Waals surface area contributed by atoms with Crippen LogP contribution in [0, 0.1) is 5.92 Å². The summed E-state index contributed by atoms with van der Waals surface area (Å²) in [5.41, 5.74) is 0. The van der Waals surface area contributed by atoms with Crippen molar-refractivity contribution in [2.75, 3.05) is 31.1 Å². The number of likely N-dealkylation sites (tertiary alicyclic amines) is 1. The number of rotatable bonds is 2. The lowest BCUT2D eigenvalue weighted by atomic mass is 9.97. The summed E-state index contributed by atoms with van der Waals surface area (Å²) < 4.78 is 0.873. The van der Waals surface area contributed by atoms with Crippen molar-refractivity contribution < 1.29 is 4.79 Å². The molecule has 0 radical (unpaired) electrons. The summed E-state index contributed by atoms with van der Waals surface area (Å²) in [5, 5.41) is 0. The summed E-state index contributed by atoms with van der Waals surface area (Å²) in [7, 11) is 0. The summed E-state index contributed by atoms with van der Waals surface area (Å²) in [6, 6.07) is 0. The van der Waals surface area contributed by atoms with E-state index in [0.717, 1.165) is 43.5 Å². The number of nitrogens with zero attached hydrogens (tertiary/aromatic N) is 4. The number of hydrogen-bond acceptors (Lipinski definition) is 4. The van der Waals surface area contributed by atoms with Gasteiger partial charge in [0, 0.05) is 38.6 Å². The second kappa shape index (κ2) is 5.45. The van der Waals surface area contributed by atoms with Crippen molar-refractivity contribution in [2.24, 2.45) is 5.92 Å². The van der Waals surface area contributed by atoms with E-state index in [1.807, 2.05) is 4.90 Å². The van der Waals surface area contributed by atoms with E-state index in [2.05, 4.69) is 30.8 Å². The Morgan fingerprint density at radius 3 is 2.42 bits per heavy atom. The second-order valence-corrected chi connectivity index (χ2v) is 6.10. The number of carbonyl (C=O) groups is 1. The number of aromatic nitrogens is 2. The molecule has 0 atom stereocenters. The third-order valence-corrected chi connectivity index (χ3v) is 4.20. The summed E-state index contributed by atoms with van der Waals surface area (Å²) in [6.07, 6.45) is 7.04. The van der Waals surface area contributed by atoms with E-state index < -0.39 is 0 Å². The molecule has 3 rings (SSSR count). The standard InChI is InChI=1S/C13H17BrN4O/c14-11-6-15-13(16-7-11)18-8-10(9-18)12(19)17-4-2-1-3-5-17/h6-7,10H,1-5,8-9H2. The zero-order valence-corrected chi connectivity index (χ0v) is 12.3. The van der Waals surface area contributed by atoms with E-state index >= 15 is 0 Å². The number of carbonyl (C=O) groups excluding carboxylic acids is 1. The molecule has 0 bridgehead atoms. The van der Waals surface area contributed by atoms with Crippen LogP contribution in [0.1, 0.15) is 19.3 Å². The van der Waals surface area contributed by atoms with Crippen LogP contribution in [0.2, 0.25) is 0 Å². The predicted molar refractivity (Wildman–Crippen MR) is 75.9 cm³/mol. The first kappa shape index (κ1) is 12.8. The van der Waals surface area contributed by atoms with Crippen molar-refractivity contribution in [3.05, 3.63) is 16.9 Å². The Morgan fingerprint density at radius 1 is 1.16 bits per heavy atom. The molecule has 2 aliphatic heterocycles. The molecule has 0 aromatic carbocycles. The van der Waals surface area contributed by atoms with E-state index in [9.17, 15) is 4.79 Å². The highest BCUT2D eigenvalue weighted by molar-refractivity contribution is 9.10. The molecule has 3 heterocycles.